The fourth-order valence-corrected chi connectivity index (χ4v) is 4.70. The summed E-state index contributed by atoms with van der Waals surface area (Å²) in [6.45, 7) is 2.93. The van der Waals surface area contributed by atoms with Crippen LogP contribution in [0.4, 0.5) is 14.5 Å². The Hall–Kier alpha value is -3.29. The molecule has 0 bridgehead atoms. The topological polar surface area (TPSA) is 66.5 Å². The van der Waals surface area contributed by atoms with E-state index in [4.69, 9.17) is 23.2 Å². The van der Waals surface area contributed by atoms with E-state index < -0.39 is 42.2 Å². The second kappa shape index (κ2) is 12.8. The summed E-state index contributed by atoms with van der Waals surface area (Å²) in [4.78, 5) is 37.6. The number of likely N-dealkylation sites (tertiary alicyclic amines) is 1. The quantitative estimate of drug-likeness (QED) is 0.356. The zero-order valence-corrected chi connectivity index (χ0v) is 21.8. The highest BCUT2D eigenvalue weighted by Crippen LogP contribution is 2.39. The molecule has 3 aromatic carbocycles. The molecule has 1 fully saturated rings. The second-order valence-electron chi connectivity index (χ2n) is 8.77. The molecule has 0 radical (unpaired) electrons. The van der Waals surface area contributed by atoms with Gasteiger partial charge in [-0.3, -0.25) is 14.4 Å². The fraction of sp³-hybridized carbons (Fsp3) is 0.250. The Balaban J connectivity index is 0.000000405. The molecule has 1 N–H and O–H groups in total. The first-order valence-electron chi connectivity index (χ1n) is 11.6. The standard InChI is InChI=1S/C21H19ClF2N2O3.C7H7Cl/c1-12-5-6-14(23)10-17(12)20-16(7-8-19(28)26(20)11-18(24)27)21(29)25-15-4-2-3-13(22)9-15;1-6-3-2-4-7(8)5-6/h2-6,9-10,16,20H,7-8,11H2,1H3,(H,25,29);2-5H,1H3/t16?,20-;/m0./s1. The Labute approximate surface area is 224 Å². The number of nitrogens with one attached hydrogen (secondary N) is 1. The van der Waals surface area contributed by atoms with Crippen LogP contribution >= 0.6 is 23.2 Å². The van der Waals surface area contributed by atoms with Crippen molar-refractivity contribution in [2.24, 2.45) is 5.92 Å². The predicted molar refractivity (Wildman–Crippen MR) is 141 cm³/mol. The summed E-state index contributed by atoms with van der Waals surface area (Å²) in [5, 5.41) is 3.99. The smallest absolute Gasteiger partial charge is 0.320 e. The maximum atomic E-state index is 13.9. The second-order valence-corrected chi connectivity index (χ2v) is 9.64. The van der Waals surface area contributed by atoms with Crippen LogP contribution in [0.2, 0.25) is 10.0 Å². The van der Waals surface area contributed by atoms with Gasteiger partial charge in [-0.15, -0.1) is 0 Å². The molecule has 0 aromatic heterocycles. The van der Waals surface area contributed by atoms with Gasteiger partial charge < -0.3 is 10.2 Å². The molecule has 2 amide bonds. The number of amides is 2. The van der Waals surface area contributed by atoms with Crippen LogP contribution in [0.15, 0.2) is 66.7 Å². The van der Waals surface area contributed by atoms with Gasteiger partial charge in [0.05, 0.1) is 12.0 Å². The van der Waals surface area contributed by atoms with Crippen molar-refractivity contribution in [2.75, 3.05) is 11.9 Å². The van der Waals surface area contributed by atoms with Gasteiger partial charge >= 0.3 is 6.04 Å². The lowest BCUT2D eigenvalue weighted by atomic mass is 9.82. The Morgan fingerprint density at radius 2 is 1.68 bits per heavy atom. The van der Waals surface area contributed by atoms with E-state index in [0.29, 0.717) is 21.8 Å². The molecule has 37 heavy (non-hydrogen) atoms. The molecule has 0 saturated carbocycles. The van der Waals surface area contributed by atoms with Gasteiger partial charge in [0.25, 0.3) is 0 Å². The van der Waals surface area contributed by atoms with Gasteiger partial charge in [0.2, 0.25) is 11.8 Å². The molecule has 1 aliphatic heterocycles. The van der Waals surface area contributed by atoms with Crippen LogP contribution in [0, 0.1) is 25.6 Å². The maximum absolute atomic E-state index is 13.9. The molecule has 5 nitrogen and oxygen atoms in total. The Bertz CT molecular complexity index is 1280. The SMILES string of the molecule is Cc1ccc(F)cc1[C@@H]1C(C(=O)Nc2cccc(Cl)c2)CCC(=O)N1CC(=O)F.Cc1cccc(Cl)c1. The first kappa shape index (κ1) is 28.3. The van der Waals surface area contributed by atoms with Gasteiger partial charge in [-0.2, -0.15) is 4.39 Å². The van der Waals surface area contributed by atoms with Crippen LogP contribution in [0.5, 0.6) is 0 Å². The summed E-state index contributed by atoms with van der Waals surface area (Å²) in [7, 11) is 0. The molecule has 1 heterocycles. The van der Waals surface area contributed by atoms with E-state index in [1.54, 1.807) is 31.2 Å². The molecular weight excluding hydrogens is 521 g/mol. The number of aryl methyl sites for hydroxylation is 2. The number of rotatable bonds is 5. The van der Waals surface area contributed by atoms with Crippen LogP contribution < -0.4 is 5.32 Å². The summed E-state index contributed by atoms with van der Waals surface area (Å²) in [5.41, 5.74) is 2.66. The van der Waals surface area contributed by atoms with E-state index in [9.17, 15) is 23.2 Å². The molecule has 1 unspecified atom stereocenters. The molecule has 1 saturated heterocycles. The summed E-state index contributed by atoms with van der Waals surface area (Å²) < 4.78 is 27.2. The van der Waals surface area contributed by atoms with Crippen LogP contribution in [-0.2, 0) is 14.4 Å². The van der Waals surface area contributed by atoms with E-state index in [-0.39, 0.29) is 12.8 Å². The Morgan fingerprint density at radius 3 is 2.27 bits per heavy atom. The molecule has 194 valence electrons. The third-order valence-corrected chi connectivity index (χ3v) is 6.44. The first-order chi connectivity index (χ1) is 17.5. The van der Waals surface area contributed by atoms with E-state index in [1.807, 2.05) is 31.2 Å². The zero-order chi connectivity index (χ0) is 27.1. The van der Waals surface area contributed by atoms with Crippen LogP contribution in [0.1, 0.15) is 35.6 Å². The summed E-state index contributed by atoms with van der Waals surface area (Å²) in [6, 6.07) is 15.6. The first-order valence-corrected chi connectivity index (χ1v) is 12.3. The average Bonchev–Trinajstić information content (AvgIpc) is 2.82. The number of nitrogens with zero attached hydrogens (tertiary/aromatic N) is 1. The lowest BCUT2D eigenvalue weighted by Gasteiger charge is -2.40. The predicted octanol–water partition coefficient (Wildman–Crippen LogP) is 6.85. The number of anilines is 1. The summed E-state index contributed by atoms with van der Waals surface area (Å²) in [5.74, 6) is -2.24. The highest BCUT2D eigenvalue weighted by atomic mass is 35.5. The zero-order valence-electron chi connectivity index (χ0n) is 20.3. The van der Waals surface area contributed by atoms with Crippen molar-refractivity contribution in [1.82, 2.24) is 4.90 Å². The van der Waals surface area contributed by atoms with Gasteiger partial charge in [0, 0.05) is 22.2 Å². The highest BCUT2D eigenvalue weighted by molar-refractivity contribution is 6.31. The third kappa shape index (κ3) is 7.84. The van der Waals surface area contributed by atoms with Gasteiger partial charge in [0.15, 0.2) is 0 Å². The van der Waals surface area contributed by atoms with Crippen molar-refractivity contribution in [3.05, 3.63) is 99.3 Å². The van der Waals surface area contributed by atoms with Crippen molar-refractivity contribution < 1.29 is 23.2 Å². The molecule has 0 aliphatic carbocycles. The maximum Gasteiger partial charge on any atom is 0.320 e. The number of piperidine rings is 1. The molecule has 9 heteroatoms. The van der Waals surface area contributed by atoms with E-state index in [0.717, 1.165) is 9.92 Å². The third-order valence-electron chi connectivity index (χ3n) is 5.97. The largest absolute Gasteiger partial charge is 0.326 e. The molecule has 3 aromatic rings. The number of carbonyl (C=O) groups excluding carboxylic acids is 3. The van der Waals surface area contributed by atoms with Crippen LogP contribution in [-0.4, -0.2) is 29.3 Å². The normalized spacial score (nSPS) is 17.0. The van der Waals surface area contributed by atoms with E-state index in [1.165, 1.54) is 23.8 Å². The molecule has 1 aliphatic rings. The van der Waals surface area contributed by atoms with E-state index in [2.05, 4.69) is 5.32 Å². The number of carbonyl (C=O) groups is 3. The van der Waals surface area contributed by atoms with Crippen LogP contribution in [0.25, 0.3) is 0 Å². The number of hydrogen-bond donors (Lipinski definition) is 1. The molecule has 0 spiro atoms. The molecule has 4 rings (SSSR count). The highest BCUT2D eigenvalue weighted by Gasteiger charge is 2.42. The van der Waals surface area contributed by atoms with Crippen molar-refractivity contribution in [1.29, 1.82) is 0 Å². The van der Waals surface area contributed by atoms with Crippen molar-refractivity contribution in [3.63, 3.8) is 0 Å². The fourth-order valence-electron chi connectivity index (χ4n) is 4.27. The Kier molecular flexibility index (Phi) is 9.78. The monoisotopic (exact) mass is 546 g/mol. The average molecular weight is 547 g/mol. The lowest BCUT2D eigenvalue weighted by molar-refractivity contribution is -0.148. The molecule has 2 atom stereocenters. The van der Waals surface area contributed by atoms with Crippen molar-refractivity contribution in [3.8, 4) is 0 Å². The minimum Gasteiger partial charge on any atom is -0.326 e. The van der Waals surface area contributed by atoms with Crippen molar-refractivity contribution in [2.45, 2.75) is 32.7 Å². The number of hydrogen-bond acceptors (Lipinski definition) is 3. The number of halogens is 4. The van der Waals surface area contributed by atoms with Gasteiger partial charge in [-0.05, 0) is 79.4 Å². The minimum atomic E-state index is -1.70. The van der Waals surface area contributed by atoms with Crippen LogP contribution in [0.3, 0.4) is 0 Å². The molecular formula is C28H26Cl2F2N2O3. The van der Waals surface area contributed by atoms with Crippen molar-refractivity contribution >= 4 is 46.7 Å². The minimum absolute atomic E-state index is 0.0220. The summed E-state index contributed by atoms with van der Waals surface area (Å²) >= 11 is 11.6. The number of benzene rings is 3. The van der Waals surface area contributed by atoms with Gasteiger partial charge in [-0.25, -0.2) is 4.39 Å². The van der Waals surface area contributed by atoms with Gasteiger partial charge in [0.1, 0.15) is 12.4 Å². The summed E-state index contributed by atoms with van der Waals surface area (Å²) in [6.07, 6.45) is 0.161. The Morgan fingerprint density at radius 1 is 1.00 bits per heavy atom. The van der Waals surface area contributed by atoms with E-state index >= 15 is 0 Å². The lowest BCUT2D eigenvalue weighted by Crippen LogP contribution is -2.48. The van der Waals surface area contributed by atoms with Gasteiger partial charge in [-0.1, -0.05) is 47.5 Å².